The molecule has 0 aliphatic carbocycles. The van der Waals surface area contributed by atoms with E-state index >= 15 is 0 Å². The van der Waals surface area contributed by atoms with E-state index in [2.05, 4.69) is 57.5 Å². The lowest BCUT2D eigenvalue weighted by Crippen LogP contribution is -2.37. The summed E-state index contributed by atoms with van der Waals surface area (Å²) in [7, 11) is 4.07. The fraction of sp³-hybridized carbons (Fsp3) is 0.409. The molecule has 4 rings (SSSR count). The normalized spacial score (nSPS) is 14.7. The highest BCUT2D eigenvalue weighted by atomic mass is 16.5. The molecule has 29 heavy (non-hydrogen) atoms. The van der Waals surface area contributed by atoms with Gasteiger partial charge in [0.1, 0.15) is 17.5 Å². The van der Waals surface area contributed by atoms with Crippen molar-refractivity contribution in [2.45, 2.75) is 32.2 Å². The van der Waals surface area contributed by atoms with E-state index in [4.69, 9.17) is 4.74 Å². The summed E-state index contributed by atoms with van der Waals surface area (Å²) >= 11 is 0. The molecule has 1 aliphatic heterocycles. The third-order valence-electron chi connectivity index (χ3n) is 5.40. The van der Waals surface area contributed by atoms with Gasteiger partial charge in [0.2, 0.25) is 0 Å². The van der Waals surface area contributed by atoms with Gasteiger partial charge < -0.3 is 15.0 Å². The van der Waals surface area contributed by atoms with E-state index in [0.717, 1.165) is 55.6 Å². The van der Waals surface area contributed by atoms with Gasteiger partial charge in [0.05, 0.1) is 5.69 Å². The fourth-order valence-corrected chi connectivity index (χ4v) is 3.70. The molecule has 0 bridgehead atoms. The van der Waals surface area contributed by atoms with Gasteiger partial charge in [0.25, 0.3) is 0 Å². The molecule has 4 heterocycles. The standard InChI is InChI=1S/C22H28N6O/c1-16-4-8-23-20(12-16)25-22-15-18(26-28(22)3)13-17-5-9-24-21(14-17)27(2)19-6-10-29-11-7-19/h4-5,8-9,12,14-15,19H,6-7,10-11,13H2,1-3H3,(H,23,25). The first kappa shape index (κ1) is 19.4. The molecule has 3 aromatic rings. The van der Waals surface area contributed by atoms with Crippen LogP contribution in [0.15, 0.2) is 42.7 Å². The van der Waals surface area contributed by atoms with Crippen LogP contribution in [0.25, 0.3) is 0 Å². The van der Waals surface area contributed by atoms with Crippen LogP contribution >= 0.6 is 0 Å². The zero-order valence-corrected chi connectivity index (χ0v) is 17.3. The molecule has 7 nitrogen and oxygen atoms in total. The van der Waals surface area contributed by atoms with E-state index in [1.807, 2.05) is 36.3 Å². The van der Waals surface area contributed by atoms with Crippen molar-refractivity contribution in [3.05, 3.63) is 59.5 Å². The Bertz CT molecular complexity index is 963. The van der Waals surface area contributed by atoms with Crippen molar-refractivity contribution in [2.24, 2.45) is 7.05 Å². The first-order valence-corrected chi connectivity index (χ1v) is 10.1. The Morgan fingerprint density at radius 3 is 2.72 bits per heavy atom. The number of pyridine rings is 2. The van der Waals surface area contributed by atoms with E-state index in [9.17, 15) is 0 Å². The predicted molar refractivity (Wildman–Crippen MR) is 115 cm³/mol. The van der Waals surface area contributed by atoms with E-state index in [1.165, 1.54) is 11.1 Å². The fourth-order valence-electron chi connectivity index (χ4n) is 3.70. The van der Waals surface area contributed by atoms with Gasteiger partial charge in [-0.3, -0.25) is 4.68 Å². The van der Waals surface area contributed by atoms with Gasteiger partial charge in [-0.1, -0.05) is 0 Å². The monoisotopic (exact) mass is 392 g/mol. The first-order valence-electron chi connectivity index (χ1n) is 10.1. The SMILES string of the molecule is Cc1ccnc(Nc2cc(Cc3ccnc(N(C)C4CCOCC4)c3)nn2C)c1. The Morgan fingerprint density at radius 2 is 1.93 bits per heavy atom. The summed E-state index contributed by atoms with van der Waals surface area (Å²) in [4.78, 5) is 11.2. The van der Waals surface area contributed by atoms with Crippen molar-refractivity contribution in [3.8, 4) is 0 Å². The number of aromatic nitrogens is 4. The number of hydrogen-bond acceptors (Lipinski definition) is 6. The zero-order chi connectivity index (χ0) is 20.2. The van der Waals surface area contributed by atoms with Crippen LogP contribution in [0.1, 0.15) is 29.7 Å². The second kappa shape index (κ2) is 8.61. The number of nitrogens with one attached hydrogen (secondary N) is 1. The molecule has 0 atom stereocenters. The summed E-state index contributed by atoms with van der Waals surface area (Å²) in [5.41, 5.74) is 3.38. The molecule has 3 aromatic heterocycles. The van der Waals surface area contributed by atoms with Crippen molar-refractivity contribution >= 4 is 17.5 Å². The van der Waals surface area contributed by atoms with Crippen LogP contribution in [0.3, 0.4) is 0 Å². The third-order valence-corrected chi connectivity index (χ3v) is 5.40. The van der Waals surface area contributed by atoms with Gasteiger partial charge in [0.15, 0.2) is 0 Å². The molecule has 1 fully saturated rings. The summed E-state index contributed by atoms with van der Waals surface area (Å²) in [5, 5.41) is 8.01. The van der Waals surface area contributed by atoms with Crippen LogP contribution in [-0.4, -0.2) is 46.1 Å². The molecule has 1 aliphatic rings. The minimum absolute atomic E-state index is 0.485. The van der Waals surface area contributed by atoms with E-state index in [0.29, 0.717) is 6.04 Å². The van der Waals surface area contributed by atoms with E-state index in [-0.39, 0.29) is 0 Å². The Morgan fingerprint density at radius 1 is 1.14 bits per heavy atom. The molecule has 0 saturated carbocycles. The topological polar surface area (TPSA) is 68.1 Å². The minimum Gasteiger partial charge on any atom is -0.381 e. The van der Waals surface area contributed by atoms with Crippen molar-refractivity contribution in [1.82, 2.24) is 19.7 Å². The summed E-state index contributed by atoms with van der Waals surface area (Å²) in [6.07, 6.45) is 6.55. The van der Waals surface area contributed by atoms with Crippen LogP contribution in [0.4, 0.5) is 17.5 Å². The molecular formula is C22H28N6O. The van der Waals surface area contributed by atoms with Crippen LogP contribution in [-0.2, 0) is 18.2 Å². The summed E-state index contributed by atoms with van der Waals surface area (Å²) in [6.45, 7) is 3.71. The Kier molecular flexibility index (Phi) is 5.76. The number of rotatable bonds is 6. The van der Waals surface area contributed by atoms with Crippen LogP contribution in [0.2, 0.25) is 0 Å². The molecule has 0 unspecified atom stereocenters. The summed E-state index contributed by atoms with van der Waals surface area (Å²) in [6, 6.07) is 10.8. The second-order valence-electron chi connectivity index (χ2n) is 7.64. The smallest absolute Gasteiger partial charge is 0.131 e. The number of ether oxygens (including phenoxy) is 1. The quantitative estimate of drug-likeness (QED) is 0.693. The maximum absolute atomic E-state index is 5.48. The van der Waals surface area contributed by atoms with Crippen molar-refractivity contribution in [3.63, 3.8) is 0 Å². The molecule has 0 amide bonds. The molecule has 0 radical (unpaired) electrons. The van der Waals surface area contributed by atoms with Gasteiger partial charge >= 0.3 is 0 Å². The molecule has 152 valence electrons. The highest BCUT2D eigenvalue weighted by Crippen LogP contribution is 2.22. The third kappa shape index (κ3) is 4.74. The average molecular weight is 393 g/mol. The Balaban J connectivity index is 1.47. The predicted octanol–water partition coefficient (Wildman–Crippen LogP) is 3.47. The zero-order valence-electron chi connectivity index (χ0n) is 17.3. The van der Waals surface area contributed by atoms with Gasteiger partial charge in [-0.15, -0.1) is 0 Å². The van der Waals surface area contributed by atoms with Crippen molar-refractivity contribution in [2.75, 3.05) is 30.5 Å². The van der Waals surface area contributed by atoms with Crippen molar-refractivity contribution < 1.29 is 4.74 Å². The Hall–Kier alpha value is -2.93. The van der Waals surface area contributed by atoms with E-state index < -0.39 is 0 Å². The Labute approximate surface area is 171 Å². The van der Waals surface area contributed by atoms with Gasteiger partial charge in [0, 0.05) is 58.2 Å². The van der Waals surface area contributed by atoms with Gasteiger partial charge in [-0.05, 0) is 55.2 Å². The highest BCUT2D eigenvalue weighted by Gasteiger charge is 2.19. The van der Waals surface area contributed by atoms with Crippen molar-refractivity contribution in [1.29, 1.82) is 0 Å². The van der Waals surface area contributed by atoms with Crippen LogP contribution in [0, 0.1) is 6.92 Å². The molecule has 1 N–H and O–H groups in total. The van der Waals surface area contributed by atoms with E-state index in [1.54, 1.807) is 0 Å². The number of nitrogens with zero attached hydrogens (tertiary/aromatic N) is 5. The molecular weight excluding hydrogens is 364 g/mol. The molecule has 7 heteroatoms. The van der Waals surface area contributed by atoms with Crippen LogP contribution in [0.5, 0.6) is 0 Å². The van der Waals surface area contributed by atoms with Gasteiger partial charge in [-0.2, -0.15) is 5.10 Å². The van der Waals surface area contributed by atoms with Gasteiger partial charge in [-0.25, -0.2) is 9.97 Å². The first-order chi connectivity index (χ1) is 14.1. The van der Waals surface area contributed by atoms with Crippen LogP contribution < -0.4 is 10.2 Å². The number of aryl methyl sites for hydroxylation is 2. The summed E-state index contributed by atoms with van der Waals surface area (Å²) < 4.78 is 7.34. The molecule has 0 aromatic carbocycles. The molecule has 0 spiro atoms. The maximum Gasteiger partial charge on any atom is 0.131 e. The maximum atomic E-state index is 5.48. The highest BCUT2D eigenvalue weighted by molar-refractivity contribution is 5.53. The molecule has 1 saturated heterocycles. The lowest BCUT2D eigenvalue weighted by Gasteiger charge is -2.32. The minimum atomic E-state index is 0.485. The number of anilines is 3. The largest absolute Gasteiger partial charge is 0.381 e. The number of hydrogen-bond donors (Lipinski definition) is 1. The second-order valence-corrected chi connectivity index (χ2v) is 7.64. The average Bonchev–Trinajstić information content (AvgIpc) is 3.07. The lowest BCUT2D eigenvalue weighted by molar-refractivity contribution is 0.0853. The summed E-state index contributed by atoms with van der Waals surface area (Å²) in [5.74, 6) is 2.75. The lowest BCUT2D eigenvalue weighted by atomic mass is 10.1.